The van der Waals surface area contributed by atoms with Gasteiger partial charge in [0.05, 0.1) is 0 Å². The first-order valence-corrected chi connectivity index (χ1v) is 35.7. The predicted molar refractivity (Wildman–Crippen MR) is 258 cm³/mol. The lowest BCUT2D eigenvalue weighted by atomic mass is 10.4. The van der Waals surface area contributed by atoms with Crippen molar-refractivity contribution in [1.29, 1.82) is 0 Å². The quantitative estimate of drug-likeness (QED) is 0.202. The molecule has 0 unspecified atom stereocenters. The van der Waals surface area contributed by atoms with Crippen LogP contribution in [0.15, 0.2) is 212 Å². The second-order valence-electron chi connectivity index (χ2n) is 16.2. The van der Waals surface area contributed by atoms with Gasteiger partial charge in [0.1, 0.15) is 0 Å². The van der Waals surface area contributed by atoms with Crippen LogP contribution in [-0.2, 0) is 49.4 Å². The zero-order valence-corrected chi connectivity index (χ0v) is 43.2. The van der Waals surface area contributed by atoms with Crippen LogP contribution < -0.4 is 36.3 Å². The van der Waals surface area contributed by atoms with Crippen LogP contribution in [0.25, 0.3) is 0 Å². The Morgan fingerprint density at radius 3 is 0.576 bits per heavy atom. The number of aliphatic hydroxyl groups is 1. The Hall–Kier alpha value is -4.24. The van der Waals surface area contributed by atoms with Crippen LogP contribution in [0.2, 0.25) is 6.04 Å². The van der Waals surface area contributed by atoms with Gasteiger partial charge in [0.25, 0.3) is 0 Å². The summed E-state index contributed by atoms with van der Waals surface area (Å²) in [4.78, 5) is 0. The molecular formula is C45H42O13Si8. The highest BCUT2D eigenvalue weighted by Gasteiger charge is 2.86. The minimum atomic E-state index is -4.72. The summed E-state index contributed by atoms with van der Waals surface area (Å²) in [6.45, 7) is -0.218. The molecule has 0 radical (unpaired) electrons. The molecule has 1 N–H and O–H groups in total. The van der Waals surface area contributed by atoms with Crippen molar-refractivity contribution < 1.29 is 54.5 Å². The van der Waals surface area contributed by atoms with Gasteiger partial charge in [0.2, 0.25) is 0 Å². The van der Waals surface area contributed by atoms with E-state index in [1.54, 1.807) is 0 Å². The third kappa shape index (κ3) is 7.07. The van der Waals surface area contributed by atoms with E-state index < -0.39 is 70.4 Å². The molecule has 0 amide bonds. The van der Waals surface area contributed by atoms with E-state index in [0.29, 0.717) is 36.3 Å². The van der Waals surface area contributed by atoms with Crippen molar-refractivity contribution in [2.24, 2.45) is 0 Å². The molecule has 6 saturated heterocycles. The van der Waals surface area contributed by atoms with E-state index in [0.717, 1.165) is 0 Å². The molecule has 21 heteroatoms. The van der Waals surface area contributed by atoms with Gasteiger partial charge in [0.15, 0.2) is 0 Å². The zero-order chi connectivity index (χ0) is 44.4. The Labute approximate surface area is 390 Å². The maximum absolute atomic E-state index is 10.7. The van der Waals surface area contributed by atoms with Gasteiger partial charge >= 0.3 is 70.4 Å². The Morgan fingerprint density at radius 2 is 0.409 bits per heavy atom. The van der Waals surface area contributed by atoms with Crippen molar-refractivity contribution in [2.45, 2.75) is 12.5 Å². The van der Waals surface area contributed by atoms with Crippen molar-refractivity contribution in [3.8, 4) is 0 Å². The third-order valence-corrected chi connectivity index (χ3v) is 46.4. The number of hydrogen-bond donors (Lipinski definition) is 1. The van der Waals surface area contributed by atoms with E-state index in [-0.39, 0.29) is 19.1 Å². The van der Waals surface area contributed by atoms with Crippen LogP contribution in [-0.4, -0.2) is 82.1 Å². The van der Waals surface area contributed by atoms with Gasteiger partial charge < -0.3 is 54.5 Å². The first-order chi connectivity index (χ1) is 32.3. The molecule has 6 aliphatic heterocycles. The van der Waals surface area contributed by atoms with E-state index in [1.807, 2.05) is 212 Å². The van der Waals surface area contributed by atoms with Gasteiger partial charge in [0, 0.05) is 49.0 Å². The van der Waals surface area contributed by atoms with E-state index >= 15 is 0 Å². The first-order valence-electron chi connectivity index (χ1n) is 21.7. The molecule has 0 aliphatic carbocycles. The highest BCUT2D eigenvalue weighted by molar-refractivity contribution is 7.13. The van der Waals surface area contributed by atoms with Gasteiger partial charge in [-0.2, -0.15) is 0 Å². The molecule has 13 rings (SSSR count). The summed E-state index contributed by atoms with van der Waals surface area (Å²) in [6, 6.07) is 66.7. The molecule has 7 aromatic rings. The lowest BCUT2D eigenvalue weighted by Crippen LogP contribution is -2.95. The van der Waals surface area contributed by atoms with Crippen LogP contribution in [0.3, 0.4) is 0 Å². The van der Waals surface area contributed by atoms with Crippen molar-refractivity contribution in [3.63, 3.8) is 0 Å². The molecule has 6 aliphatic rings. The van der Waals surface area contributed by atoms with Gasteiger partial charge in [-0.25, -0.2) is 0 Å². The van der Waals surface area contributed by atoms with E-state index in [9.17, 15) is 5.11 Å². The van der Waals surface area contributed by atoms with Gasteiger partial charge in [-0.1, -0.05) is 212 Å². The average molecular weight is 1020 g/mol. The Bertz CT molecular complexity index is 2530. The Kier molecular flexibility index (Phi) is 10.7. The fourth-order valence-corrected chi connectivity index (χ4v) is 55.5. The summed E-state index contributed by atoms with van der Waals surface area (Å²) < 4.78 is 95.8. The summed E-state index contributed by atoms with van der Waals surface area (Å²) >= 11 is 0. The fraction of sp³-hybridized carbons (Fsp3) is 0.0667. The average Bonchev–Trinajstić information content (AvgIpc) is 3.34. The molecular weight excluding hydrogens is 973 g/mol. The van der Waals surface area contributed by atoms with Crippen LogP contribution in [0.4, 0.5) is 0 Å². The van der Waals surface area contributed by atoms with Crippen molar-refractivity contribution in [1.82, 2.24) is 0 Å². The first kappa shape index (κ1) is 43.1. The van der Waals surface area contributed by atoms with Crippen molar-refractivity contribution in [2.75, 3.05) is 6.61 Å². The lowest BCUT2D eigenvalue weighted by Gasteiger charge is -2.62. The van der Waals surface area contributed by atoms with E-state index in [4.69, 9.17) is 49.4 Å². The van der Waals surface area contributed by atoms with Crippen LogP contribution in [0.1, 0.15) is 6.42 Å². The summed E-state index contributed by atoms with van der Waals surface area (Å²) in [5.41, 5.74) is 0. The number of hydrogen-bond acceptors (Lipinski definition) is 13. The van der Waals surface area contributed by atoms with Crippen molar-refractivity contribution >= 4 is 107 Å². The maximum atomic E-state index is 10.7. The molecule has 0 atom stereocenters. The molecule has 6 fully saturated rings. The summed E-state index contributed by atoms with van der Waals surface area (Å²) in [6.07, 6.45) is 0.196. The maximum Gasteiger partial charge on any atom is 0.515 e. The van der Waals surface area contributed by atoms with Crippen LogP contribution in [0.5, 0.6) is 0 Å². The topological polar surface area (TPSA) is 131 Å². The van der Waals surface area contributed by atoms with E-state index in [1.165, 1.54) is 0 Å². The number of rotatable bonds is 10. The van der Waals surface area contributed by atoms with Crippen LogP contribution in [0, 0.1) is 0 Å². The molecule has 0 saturated carbocycles. The predicted octanol–water partition coefficient (Wildman–Crippen LogP) is 2.50. The normalized spacial score (nSPS) is 34.4. The third-order valence-electron chi connectivity index (χ3n) is 11.8. The zero-order valence-electron chi connectivity index (χ0n) is 35.2. The largest absolute Gasteiger partial charge is 0.515 e. The molecule has 8 bridgehead atoms. The molecule has 6 heterocycles. The molecule has 332 valence electrons. The molecule has 13 nitrogen and oxygen atoms in total. The minimum Gasteiger partial charge on any atom is -0.396 e. The lowest BCUT2D eigenvalue weighted by molar-refractivity contribution is -0.00702. The number of benzene rings is 7. The highest BCUT2D eigenvalue weighted by Crippen LogP contribution is 2.49. The smallest absolute Gasteiger partial charge is 0.396 e. The summed E-state index contributed by atoms with van der Waals surface area (Å²) in [7, 11) is -37.4. The van der Waals surface area contributed by atoms with Crippen LogP contribution >= 0.6 is 0 Å². The van der Waals surface area contributed by atoms with Gasteiger partial charge in [-0.05, 0) is 6.42 Å². The van der Waals surface area contributed by atoms with Gasteiger partial charge in [-0.3, -0.25) is 0 Å². The van der Waals surface area contributed by atoms with E-state index in [2.05, 4.69) is 0 Å². The summed E-state index contributed by atoms with van der Waals surface area (Å²) in [5.74, 6) is 0. The number of aliphatic hydroxyl groups excluding tert-OH is 1. The SMILES string of the molecule is OCCC[Si]12O[Si]3(c4ccccc4)O[Si]4(c5ccccc5)O[Si](c5ccccc5)(O1)O[Si]1(c5ccccc5)O[Si](c5ccccc5)(O2)O[Si](c2ccccc2)(O3)O[Si](c2ccccc2)(O4)O1. The van der Waals surface area contributed by atoms with Gasteiger partial charge in [-0.15, -0.1) is 0 Å². The highest BCUT2D eigenvalue weighted by atomic mass is 28.6. The molecule has 0 aromatic heterocycles. The standard InChI is InChI=1S/C45H42O13Si8/c46-37-22-38-59-47-60(39-23-8-1-9-24-39)50-63(42-29-14-4-15-30-42)52-61(48-59,40-25-10-2-11-26-40)54-65(44-33-18-6-19-34-44)55-62(49-59,41-27-12-3-13-28-41)53-64(51-60,43-31-16-5-17-32-43)57-66(56-63,58-65)45-35-20-7-21-36-45/h1-21,23-36,46H,22,37-38H2. The molecule has 0 spiro atoms. The second kappa shape index (κ2) is 16.5. The molecule has 7 aromatic carbocycles. The Balaban J connectivity index is 1.29. The monoisotopic (exact) mass is 1010 g/mol. The summed E-state index contributed by atoms with van der Waals surface area (Å²) in [5, 5.41) is 14.6. The fourth-order valence-electron chi connectivity index (χ4n) is 8.89. The Morgan fingerprint density at radius 1 is 0.242 bits per heavy atom. The minimum absolute atomic E-state index is 0.0609. The second-order valence-corrected chi connectivity index (χ2v) is 39.7. The van der Waals surface area contributed by atoms with Crippen molar-refractivity contribution in [3.05, 3.63) is 212 Å². The molecule has 66 heavy (non-hydrogen) atoms.